The molecule has 0 unspecified atom stereocenters. The van der Waals surface area contributed by atoms with Gasteiger partial charge in [-0.3, -0.25) is 0 Å². The van der Waals surface area contributed by atoms with Crippen LogP contribution in [0.3, 0.4) is 0 Å². The molecule has 1 saturated heterocycles. The molecule has 1 aromatic heterocycles. The van der Waals surface area contributed by atoms with Gasteiger partial charge < -0.3 is 9.32 Å². The Morgan fingerprint density at radius 1 is 1.19 bits per heavy atom. The molecule has 2 aromatic rings. The number of fused-ring (bicyclic) bond motifs is 1. The van der Waals surface area contributed by atoms with Gasteiger partial charge in [0.1, 0.15) is 11.3 Å². The largest absolute Gasteiger partial charge is 0.456 e. The van der Waals surface area contributed by atoms with E-state index in [0.29, 0.717) is 0 Å². The van der Waals surface area contributed by atoms with E-state index in [1.165, 1.54) is 55.4 Å². The van der Waals surface area contributed by atoms with Crippen LogP contribution in [0.2, 0.25) is 0 Å². The van der Waals surface area contributed by atoms with E-state index in [-0.39, 0.29) is 0 Å². The van der Waals surface area contributed by atoms with E-state index in [9.17, 15) is 0 Å². The fourth-order valence-corrected chi connectivity index (χ4v) is 3.04. The summed E-state index contributed by atoms with van der Waals surface area (Å²) in [6, 6.07) is 8.78. The van der Waals surface area contributed by atoms with Crippen LogP contribution < -0.4 is 4.90 Å². The van der Waals surface area contributed by atoms with Gasteiger partial charge in [0.25, 0.3) is 0 Å². The van der Waals surface area contributed by atoms with Crippen LogP contribution >= 0.6 is 0 Å². The van der Waals surface area contributed by atoms with Crippen LogP contribution in [0.4, 0.5) is 5.69 Å². The lowest BCUT2D eigenvalue weighted by atomic mass is 10.1. The van der Waals surface area contributed by atoms with Crippen LogP contribution in [-0.2, 0) is 0 Å². The predicted molar refractivity (Wildman–Crippen MR) is 90.8 cm³/mol. The van der Waals surface area contributed by atoms with E-state index < -0.39 is 0 Å². The number of unbranched alkanes of at least 4 members (excludes halogenated alkanes) is 1. The molecule has 1 aliphatic rings. The van der Waals surface area contributed by atoms with E-state index in [1.54, 1.807) is 0 Å². The molecule has 0 N–H and O–H groups in total. The summed E-state index contributed by atoms with van der Waals surface area (Å²) in [6.07, 6.45) is 8.55. The van der Waals surface area contributed by atoms with Crippen molar-refractivity contribution in [2.45, 2.75) is 46.0 Å². The lowest BCUT2D eigenvalue weighted by molar-refractivity contribution is 0.577. The van der Waals surface area contributed by atoms with Crippen molar-refractivity contribution in [2.75, 3.05) is 18.0 Å². The summed E-state index contributed by atoms with van der Waals surface area (Å²) in [7, 11) is 0. The van der Waals surface area contributed by atoms with Crippen LogP contribution in [0, 0.1) is 0 Å². The Balaban J connectivity index is 1.87. The van der Waals surface area contributed by atoms with Crippen LogP contribution in [0.5, 0.6) is 0 Å². The van der Waals surface area contributed by atoms with Crippen molar-refractivity contribution < 1.29 is 4.42 Å². The lowest BCUT2D eigenvalue weighted by Crippen LogP contribution is -2.29. The van der Waals surface area contributed by atoms with E-state index in [1.807, 2.05) is 0 Å². The first-order valence-corrected chi connectivity index (χ1v) is 8.23. The molecule has 0 amide bonds. The Morgan fingerprint density at radius 2 is 2.00 bits per heavy atom. The number of nitrogens with zero attached hydrogens (tertiary/aromatic N) is 1. The average Bonchev–Trinajstić information content (AvgIpc) is 2.96. The maximum atomic E-state index is 5.98. The summed E-state index contributed by atoms with van der Waals surface area (Å²) in [5, 5.41) is 1.22. The Morgan fingerprint density at radius 3 is 2.76 bits per heavy atom. The molecule has 1 aliphatic heterocycles. The molecule has 1 fully saturated rings. The van der Waals surface area contributed by atoms with Gasteiger partial charge in [-0.25, -0.2) is 0 Å². The first-order valence-electron chi connectivity index (χ1n) is 8.23. The zero-order valence-electron chi connectivity index (χ0n) is 13.2. The minimum absolute atomic E-state index is 0.995. The molecule has 0 aliphatic carbocycles. The Bertz CT molecular complexity index is 632. The quantitative estimate of drug-likeness (QED) is 0.723. The Hall–Kier alpha value is -1.70. The number of hydrogen-bond donors (Lipinski definition) is 0. The standard InChI is InChI=1S/C19H25NO/c1-3-4-8-15(2)19-14-16-13-17(9-10-18(16)21-19)20-11-6-5-7-12-20/h8-10,13-14H,3-7,11-12H2,1-2H3/b15-8+. The molecule has 1 aromatic carbocycles. The van der Waals surface area contributed by atoms with Crippen LogP contribution in [0.1, 0.15) is 51.7 Å². The predicted octanol–water partition coefficient (Wildman–Crippen LogP) is 5.63. The summed E-state index contributed by atoms with van der Waals surface area (Å²) in [5.41, 5.74) is 3.58. The zero-order valence-corrected chi connectivity index (χ0v) is 13.2. The second-order valence-electron chi connectivity index (χ2n) is 6.06. The molecule has 0 atom stereocenters. The Labute approximate surface area is 127 Å². The highest BCUT2D eigenvalue weighted by atomic mass is 16.3. The molecule has 2 heteroatoms. The number of allylic oxidation sites excluding steroid dienone is 2. The number of hydrogen-bond acceptors (Lipinski definition) is 2. The third kappa shape index (κ3) is 3.15. The number of anilines is 1. The van der Waals surface area contributed by atoms with Crippen LogP contribution in [0.25, 0.3) is 16.5 Å². The first-order chi connectivity index (χ1) is 10.3. The summed E-state index contributed by atoms with van der Waals surface area (Å²) in [4.78, 5) is 2.50. The van der Waals surface area contributed by atoms with Crippen molar-refractivity contribution in [3.05, 3.63) is 36.1 Å². The number of piperidine rings is 1. The average molecular weight is 283 g/mol. The van der Waals surface area contributed by atoms with Crippen molar-refractivity contribution >= 4 is 22.2 Å². The van der Waals surface area contributed by atoms with Gasteiger partial charge in [-0.1, -0.05) is 19.4 Å². The second-order valence-corrected chi connectivity index (χ2v) is 6.06. The maximum Gasteiger partial charge on any atom is 0.134 e. The summed E-state index contributed by atoms with van der Waals surface area (Å²) in [6.45, 7) is 6.71. The molecular weight excluding hydrogens is 258 g/mol. The SMILES string of the molecule is CCC/C=C(\C)c1cc2cc(N3CCCCC3)ccc2o1. The second kappa shape index (κ2) is 6.38. The summed E-state index contributed by atoms with van der Waals surface area (Å²) >= 11 is 0. The smallest absolute Gasteiger partial charge is 0.134 e. The normalized spacial score (nSPS) is 16.7. The van der Waals surface area contributed by atoms with Crippen molar-refractivity contribution in [1.29, 1.82) is 0 Å². The minimum Gasteiger partial charge on any atom is -0.456 e. The van der Waals surface area contributed by atoms with Crippen LogP contribution in [-0.4, -0.2) is 13.1 Å². The number of rotatable bonds is 4. The van der Waals surface area contributed by atoms with Gasteiger partial charge in [0.15, 0.2) is 0 Å². The van der Waals surface area contributed by atoms with Crippen molar-refractivity contribution in [3.8, 4) is 0 Å². The molecule has 0 saturated carbocycles. The maximum absolute atomic E-state index is 5.98. The molecular formula is C19H25NO. The molecule has 0 radical (unpaired) electrons. The number of furan rings is 1. The van der Waals surface area contributed by atoms with Gasteiger partial charge >= 0.3 is 0 Å². The minimum atomic E-state index is 0.995. The van der Waals surface area contributed by atoms with E-state index in [0.717, 1.165) is 17.8 Å². The van der Waals surface area contributed by atoms with Crippen molar-refractivity contribution in [3.63, 3.8) is 0 Å². The topological polar surface area (TPSA) is 16.4 Å². The van der Waals surface area contributed by atoms with Gasteiger partial charge in [-0.05, 0) is 62.4 Å². The van der Waals surface area contributed by atoms with Crippen molar-refractivity contribution in [1.82, 2.24) is 0 Å². The van der Waals surface area contributed by atoms with Gasteiger partial charge in [0.05, 0.1) is 0 Å². The Kier molecular flexibility index (Phi) is 4.33. The molecule has 112 valence electrons. The molecule has 3 rings (SSSR count). The number of benzene rings is 1. The summed E-state index contributed by atoms with van der Waals surface area (Å²) in [5.74, 6) is 1.01. The van der Waals surface area contributed by atoms with Gasteiger partial charge in [0, 0.05) is 24.2 Å². The first kappa shape index (κ1) is 14.2. The van der Waals surface area contributed by atoms with E-state index >= 15 is 0 Å². The molecule has 0 bridgehead atoms. The molecule has 21 heavy (non-hydrogen) atoms. The van der Waals surface area contributed by atoms with Gasteiger partial charge in [-0.2, -0.15) is 0 Å². The zero-order chi connectivity index (χ0) is 14.7. The monoisotopic (exact) mass is 283 g/mol. The van der Waals surface area contributed by atoms with E-state index in [4.69, 9.17) is 4.42 Å². The van der Waals surface area contributed by atoms with E-state index in [2.05, 4.69) is 49.1 Å². The third-order valence-corrected chi connectivity index (χ3v) is 4.35. The lowest BCUT2D eigenvalue weighted by Gasteiger charge is -2.28. The molecule has 2 heterocycles. The third-order valence-electron chi connectivity index (χ3n) is 4.35. The highest BCUT2D eigenvalue weighted by Gasteiger charge is 2.12. The van der Waals surface area contributed by atoms with Crippen molar-refractivity contribution in [2.24, 2.45) is 0 Å². The highest BCUT2D eigenvalue weighted by molar-refractivity contribution is 5.85. The highest BCUT2D eigenvalue weighted by Crippen LogP contribution is 2.29. The fraction of sp³-hybridized carbons (Fsp3) is 0.474. The van der Waals surface area contributed by atoms with Gasteiger partial charge in [0.2, 0.25) is 0 Å². The van der Waals surface area contributed by atoms with Crippen LogP contribution in [0.15, 0.2) is 34.8 Å². The summed E-state index contributed by atoms with van der Waals surface area (Å²) < 4.78 is 5.98. The fourth-order valence-electron chi connectivity index (χ4n) is 3.04. The molecule has 2 nitrogen and oxygen atoms in total. The molecule has 0 spiro atoms. The van der Waals surface area contributed by atoms with Gasteiger partial charge in [-0.15, -0.1) is 0 Å².